The second-order valence-corrected chi connectivity index (χ2v) is 8.88. The lowest BCUT2D eigenvalue weighted by atomic mass is 9.99. The molecule has 1 aliphatic rings. The molecule has 1 aliphatic heterocycles. The van der Waals surface area contributed by atoms with Gasteiger partial charge in [-0.25, -0.2) is 0 Å². The molecule has 0 spiro atoms. The van der Waals surface area contributed by atoms with Crippen molar-refractivity contribution in [3.63, 3.8) is 0 Å². The number of Topliss-reactive ketones (excluding diaryl/α,β-unsaturated/α-hetero) is 1. The molecule has 1 unspecified atom stereocenters. The average Bonchev–Trinajstić information content (AvgIpc) is 3.40. The van der Waals surface area contributed by atoms with Crippen LogP contribution in [0, 0.1) is 0 Å². The summed E-state index contributed by atoms with van der Waals surface area (Å²) in [5, 5.41) is 13.1. The van der Waals surface area contributed by atoms with Gasteiger partial charge in [0.2, 0.25) is 0 Å². The van der Waals surface area contributed by atoms with Crippen molar-refractivity contribution in [3.05, 3.63) is 87.6 Å². The van der Waals surface area contributed by atoms with Crippen LogP contribution in [0.1, 0.15) is 42.8 Å². The zero-order valence-electron chi connectivity index (χ0n) is 18.2. The van der Waals surface area contributed by atoms with E-state index in [4.69, 9.17) is 4.74 Å². The highest BCUT2D eigenvalue weighted by atomic mass is 32.1. The SMILES string of the molecule is CCc1ccc(N2C(=O)C(=O)/C(=C(\O)c3cccc(OC(C)C)c3)C2c2cccs2)cc1. The number of nitrogens with zero attached hydrogens (tertiary/aromatic N) is 1. The molecule has 1 saturated heterocycles. The fourth-order valence-electron chi connectivity index (χ4n) is 3.85. The van der Waals surface area contributed by atoms with Gasteiger partial charge in [0.25, 0.3) is 11.7 Å². The lowest BCUT2D eigenvalue weighted by Gasteiger charge is -2.24. The van der Waals surface area contributed by atoms with Crippen LogP contribution in [0.5, 0.6) is 5.75 Å². The summed E-state index contributed by atoms with van der Waals surface area (Å²) in [6.07, 6.45) is 0.845. The smallest absolute Gasteiger partial charge is 0.300 e. The molecule has 2 aromatic carbocycles. The minimum absolute atomic E-state index is 0.0322. The van der Waals surface area contributed by atoms with E-state index in [-0.39, 0.29) is 17.4 Å². The van der Waals surface area contributed by atoms with Crippen LogP contribution in [0.15, 0.2) is 71.6 Å². The number of rotatable bonds is 6. The number of aliphatic hydroxyl groups is 1. The summed E-state index contributed by atoms with van der Waals surface area (Å²) in [5.41, 5.74) is 2.28. The highest BCUT2D eigenvalue weighted by Crippen LogP contribution is 2.43. The van der Waals surface area contributed by atoms with E-state index in [1.54, 1.807) is 24.3 Å². The van der Waals surface area contributed by atoms with Crippen LogP contribution in [0.25, 0.3) is 5.76 Å². The Morgan fingerprint density at radius 3 is 2.47 bits per heavy atom. The lowest BCUT2D eigenvalue weighted by molar-refractivity contribution is -0.132. The molecule has 1 N–H and O–H groups in total. The zero-order valence-corrected chi connectivity index (χ0v) is 19.1. The molecule has 0 radical (unpaired) electrons. The summed E-state index contributed by atoms with van der Waals surface area (Å²) in [5.74, 6) is -0.968. The van der Waals surface area contributed by atoms with Crippen LogP contribution in [0.2, 0.25) is 0 Å². The predicted molar refractivity (Wildman–Crippen MR) is 127 cm³/mol. The number of ether oxygens (including phenoxy) is 1. The van der Waals surface area contributed by atoms with Gasteiger partial charge in [0, 0.05) is 16.1 Å². The van der Waals surface area contributed by atoms with Gasteiger partial charge in [0.15, 0.2) is 0 Å². The summed E-state index contributed by atoms with van der Waals surface area (Å²) in [6.45, 7) is 5.89. The Hall–Kier alpha value is -3.38. The normalized spacial score (nSPS) is 17.9. The molecule has 4 rings (SSSR count). The predicted octanol–water partition coefficient (Wildman–Crippen LogP) is 5.72. The minimum Gasteiger partial charge on any atom is -0.507 e. The van der Waals surface area contributed by atoms with Gasteiger partial charge in [-0.05, 0) is 61.5 Å². The van der Waals surface area contributed by atoms with Crippen molar-refractivity contribution in [1.82, 2.24) is 0 Å². The topological polar surface area (TPSA) is 66.8 Å². The molecule has 0 saturated carbocycles. The van der Waals surface area contributed by atoms with Gasteiger partial charge in [0.1, 0.15) is 17.6 Å². The molecule has 32 heavy (non-hydrogen) atoms. The third-order valence-electron chi connectivity index (χ3n) is 5.36. The Kier molecular flexibility index (Phi) is 6.15. The standard InChI is InChI=1S/C26H25NO4S/c1-4-17-10-12-19(13-11-17)27-23(21-9-6-14-32-21)22(25(29)26(27)30)24(28)18-7-5-8-20(15-18)31-16(2)3/h5-16,23,28H,4H2,1-3H3/b24-22-. The number of thiophene rings is 1. The highest BCUT2D eigenvalue weighted by molar-refractivity contribution is 7.10. The molecule has 0 aliphatic carbocycles. The van der Waals surface area contributed by atoms with Crippen LogP contribution < -0.4 is 9.64 Å². The maximum Gasteiger partial charge on any atom is 0.300 e. The van der Waals surface area contributed by atoms with Crippen molar-refractivity contribution in [1.29, 1.82) is 0 Å². The first-order chi connectivity index (χ1) is 15.4. The van der Waals surface area contributed by atoms with Crippen LogP contribution in [-0.4, -0.2) is 22.9 Å². The number of hydrogen-bond donors (Lipinski definition) is 1. The summed E-state index contributed by atoms with van der Waals surface area (Å²) >= 11 is 1.44. The second kappa shape index (κ2) is 9.01. The molecule has 1 aromatic heterocycles. The summed E-state index contributed by atoms with van der Waals surface area (Å²) < 4.78 is 5.73. The second-order valence-electron chi connectivity index (χ2n) is 7.90. The maximum atomic E-state index is 13.2. The quantitative estimate of drug-likeness (QED) is 0.298. The molecule has 1 atom stereocenters. The van der Waals surface area contributed by atoms with Gasteiger partial charge >= 0.3 is 0 Å². The number of aryl methyl sites for hydroxylation is 1. The van der Waals surface area contributed by atoms with E-state index in [1.165, 1.54) is 16.2 Å². The molecule has 1 fully saturated rings. The first-order valence-electron chi connectivity index (χ1n) is 10.6. The van der Waals surface area contributed by atoms with Crippen molar-refractivity contribution in [2.45, 2.75) is 39.3 Å². The van der Waals surface area contributed by atoms with E-state index in [0.29, 0.717) is 17.0 Å². The third kappa shape index (κ3) is 4.06. The van der Waals surface area contributed by atoms with E-state index in [0.717, 1.165) is 16.9 Å². The van der Waals surface area contributed by atoms with Gasteiger partial charge < -0.3 is 9.84 Å². The van der Waals surface area contributed by atoms with Gasteiger partial charge in [-0.2, -0.15) is 0 Å². The molecular weight excluding hydrogens is 422 g/mol. The Labute approximate surface area is 191 Å². The Balaban J connectivity index is 1.85. The number of carbonyl (C=O) groups excluding carboxylic acids is 2. The Morgan fingerprint density at radius 1 is 1.09 bits per heavy atom. The lowest BCUT2D eigenvalue weighted by Crippen LogP contribution is -2.29. The van der Waals surface area contributed by atoms with Crippen molar-refractivity contribution < 1.29 is 19.4 Å². The summed E-state index contributed by atoms with van der Waals surface area (Å²) in [6, 6.07) is 17.6. The Morgan fingerprint density at radius 2 is 1.84 bits per heavy atom. The fraction of sp³-hybridized carbons (Fsp3) is 0.231. The maximum absolute atomic E-state index is 13.2. The number of benzene rings is 2. The highest BCUT2D eigenvalue weighted by Gasteiger charge is 2.47. The van der Waals surface area contributed by atoms with Crippen LogP contribution >= 0.6 is 11.3 Å². The summed E-state index contributed by atoms with van der Waals surface area (Å²) in [7, 11) is 0. The van der Waals surface area contributed by atoms with Gasteiger partial charge in [-0.3, -0.25) is 14.5 Å². The van der Waals surface area contributed by atoms with Gasteiger partial charge in [-0.1, -0.05) is 37.3 Å². The van der Waals surface area contributed by atoms with Crippen LogP contribution in [-0.2, 0) is 16.0 Å². The molecule has 3 aromatic rings. The van der Waals surface area contributed by atoms with E-state index >= 15 is 0 Å². The molecule has 1 amide bonds. The van der Waals surface area contributed by atoms with Crippen molar-refractivity contribution in [3.8, 4) is 5.75 Å². The van der Waals surface area contributed by atoms with Gasteiger partial charge in [-0.15, -0.1) is 11.3 Å². The first kappa shape index (κ1) is 21.8. The largest absolute Gasteiger partial charge is 0.507 e. The third-order valence-corrected chi connectivity index (χ3v) is 6.28. The number of hydrogen-bond acceptors (Lipinski definition) is 5. The number of ketones is 1. The monoisotopic (exact) mass is 447 g/mol. The molecular formula is C26H25NO4S. The van der Waals surface area contributed by atoms with Crippen molar-refractivity contribution >= 4 is 34.5 Å². The molecule has 164 valence electrons. The van der Waals surface area contributed by atoms with Crippen molar-refractivity contribution in [2.75, 3.05) is 4.90 Å². The Bertz CT molecular complexity index is 1160. The average molecular weight is 448 g/mol. The van der Waals surface area contributed by atoms with E-state index in [2.05, 4.69) is 6.92 Å². The zero-order chi connectivity index (χ0) is 22.8. The summed E-state index contributed by atoms with van der Waals surface area (Å²) in [4.78, 5) is 28.6. The molecule has 5 nitrogen and oxygen atoms in total. The van der Waals surface area contributed by atoms with E-state index < -0.39 is 17.7 Å². The van der Waals surface area contributed by atoms with Gasteiger partial charge in [0.05, 0.1) is 11.7 Å². The molecule has 0 bridgehead atoms. The van der Waals surface area contributed by atoms with Crippen molar-refractivity contribution in [2.24, 2.45) is 0 Å². The number of anilines is 1. The van der Waals surface area contributed by atoms with E-state index in [1.807, 2.05) is 55.6 Å². The van der Waals surface area contributed by atoms with E-state index in [9.17, 15) is 14.7 Å². The molecule has 2 heterocycles. The van der Waals surface area contributed by atoms with Crippen LogP contribution in [0.3, 0.4) is 0 Å². The van der Waals surface area contributed by atoms with Crippen LogP contribution in [0.4, 0.5) is 5.69 Å². The fourth-order valence-corrected chi connectivity index (χ4v) is 4.68. The number of amides is 1. The number of aliphatic hydroxyl groups excluding tert-OH is 1. The first-order valence-corrected chi connectivity index (χ1v) is 11.5. The number of carbonyl (C=O) groups is 2. The minimum atomic E-state index is -0.698. The molecule has 6 heteroatoms.